The van der Waals surface area contributed by atoms with E-state index in [0.29, 0.717) is 16.9 Å². The summed E-state index contributed by atoms with van der Waals surface area (Å²) in [6.45, 7) is 4.50. The van der Waals surface area contributed by atoms with Crippen molar-refractivity contribution < 1.29 is 9.72 Å². The summed E-state index contributed by atoms with van der Waals surface area (Å²) in [7, 11) is 0. The van der Waals surface area contributed by atoms with Crippen LogP contribution in [0.2, 0.25) is 0 Å². The van der Waals surface area contributed by atoms with Gasteiger partial charge >= 0.3 is 0 Å². The van der Waals surface area contributed by atoms with Gasteiger partial charge in [0.2, 0.25) is 0 Å². The van der Waals surface area contributed by atoms with Crippen molar-refractivity contribution in [3.63, 3.8) is 0 Å². The molecular formula is C19H19N3O3S2. The van der Waals surface area contributed by atoms with E-state index in [0.717, 1.165) is 27.1 Å². The minimum atomic E-state index is -0.413. The average Bonchev–Trinajstić information content (AvgIpc) is 2.97. The van der Waals surface area contributed by atoms with Gasteiger partial charge in [0.25, 0.3) is 11.6 Å². The fraction of sp³-hybridized carbons (Fsp3) is 0.263. The number of amides is 1. The van der Waals surface area contributed by atoms with Gasteiger partial charge in [0.1, 0.15) is 0 Å². The molecule has 0 bridgehead atoms. The van der Waals surface area contributed by atoms with Crippen LogP contribution >= 0.6 is 23.1 Å². The van der Waals surface area contributed by atoms with Gasteiger partial charge < -0.3 is 4.57 Å². The quantitative estimate of drug-likeness (QED) is 0.471. The molecule has 1 heterocycles. The van der Waals surface area contributed by atoms with Crippen LogP contribution in [-0.4, -0.2) is 27.4 Å². The van der Waals surface area contributed by atoms with Crippen molar-refractivity contribution in [3.8, 4) is 0 Å². The summed E-state index contributed by atoms with van der Waals surface area (Å²) < 4.78 is 2.71. The fourth-order valence-corrected chi connectivity index (χ4v) is 4.23. The first-order chi connectivity index (χ1) is 12.9. The van der Waals surface area contributed by atoms with Crippen LogP contribution in [0.5, 0.6) is 0 Å². The normalized spacial score (nSPS) is 11.9. The van der Waals surface area contributed by atoms with Crippen molar-refractivity contribution in [1.82, 2.24) is 4.57 Å². The standard InChI is InChI=1S/C19H19N3O3S2/c1-12-4-5-13(2)15(10-12)18(23)20-19-21(8-9-26-3)16-7-6-14(22(24)25)11-17(16)27-19/h4-7,10-11H,8-9H2,1-3H3. The van der Waals surface area contributed by atoms with Gasteiger partial charge in [0, 0.05) is 30.0 Å². The SMILES string of the molecule is CSCCn1c(=NC(=O)c2cc(C)ccc2C)sc2cc([N+](=O)[O-])ccc21. The van der Waals surface area contributed by atoms with Crippen LogP contribution in [0.25, 0.3) is 10.2 Å². The molecule has 27 heavy (non-hydrogen) atoms. The minimum Gasteiger partial charge on any atom is -0.315 e. The molecule has 2 aromatic carbocycles. The molecule has 3 rings (SSSR count). The van der Waals surface area contributed by atoms with Crippen LogP contribution in [0.15, 0.2) is 41.4 Å². The van der Waals surface area contributed by atoms with E-state index in [1.54, 1.807) is 17.8 Å². The zero-order valence-corrected chi connectivity index (χ0v) is 16.9. The largest absolute Gasteiger partial charge is 0.315 e. The summed E-state index contributed by atoms with van der Waals surface area (Å²) in [5.41, 5.74) is 3.35. The van der Waals surface area contributed by atoms with E-state index in [2.05, 4.69) is 4.99 Å². The number of fused-ring (bicyclic) bond motifs is 1. The Labute approximate surface area is 164 Å². The Morgan fingerprint density at radius 1 is 1.26 bits per heavy atom. The van der Waals surface area contributed by atoms with E-state index in [-0.39, 0.29) is 11.6 Å². The van der Waals surface area contributed by atoms with Crippen LogP contribution in [0.1, 0.15) is 21.5 Å². The molecule has 0 atom stereocenters. The first kappa shape index (κ1) is 19.3. The molecule has 0 aliphatic carbocycles. The number of thiazole rings is 1. The highest BCUT2D eigenvalue weighted by Crippen LogP contribution is 2.23. The minimum absolute atomic E-state index is 0.0353. The maximum Gasteiger partial charge on any atom is 0.279 e. The fourth-order valence-electron chi connectivity index (χ4n) is 2.77. The van der Waals surface area contributed by atoms with Crippen molar-refractivity contribution in [1.29, 1.82) is 0 Å². The van der Waals surface area contributed by atoms with Gasteiger partial charge in [0.15, 0.2) is 4.80 Å². The topological polar surface area (TPSA) is 77.5 Å². The first-order valence-corrected chi connectivity index (χ1v) is 10.5. The lowest BCUT2D eigenvalue weighted by atomic mass is 10.1. The van der Waals surface area contributed by atoms with Crippen molar-refractivity contribution in [2.75, 3.05) is 12.0 Å². The van der Waals surface area contributed by atoms with Crippen molar-refractivity contribution in [3.05, 3.63) is 68.0 Å². The second kappa shape index (κ2) is 8.06. The first-order valence-electron chi connectivity index (χ1n) is 8.33. The molecule has 0 saturated heterocycles. The highest BCUT2D eigenvalue weighted by molar-refractivity contribution is 7.98. The molecular weight excluding hydrogens is 382 g/mol. The Hall–Kier alpha value is -2.45. The Morgan fingerprint density at radius 3 is 2.74 bits per heavy atom. The monoisotopic (exact) mass is 401 g/mol. The molecule has 1 amide bonds. The molecule has 0 saturated carbocycles. The number of aryl methyl sites for hydroxylation is 3. The predicted octanol–water partition coefficient (Wildman–Crippen LogP) is 4.33. The van der Waals surface area contributed by atoms with E-state index in [4.69, 9.17) is 0 Å². The van der Waals surface area contributed by atoms with Crippen molar-refractivity contribution in [2.45, 2.75) is 20.4 Å². The lowest BCUT2D eigenvalue weighted by molar-refractivity contribution is -0.384. The second-order valence-electron chi connectivity index (χ2n) is 6.17. The van der Waals surface area contributed by atoms with Crippen LogP contribution in [0.4, 0.5) is 5.69 Å². The number of benzene rings is 2. The van der Waals surface area contributed by atoms with Gasteiger partial charge in [-0.2, -0.15) is 16.8 Å². The highest BCUT2D eigenvalue weighted by Gasteiger charge is 2.14. The van der Waals surface area contributed by atoms with Gasteiger partial charge in [-0.25, -0.2) is 0 Å². The number of rotatable bonds is 5. The third-order valence-electron chi connectivity index (χ3n) is 4.22. The molecule has 140 valence electrons. The molecule has 6 nitrogen and oxygen atoms in total. The number of nitro groups is 1. The van der Waals surface area contributed by atoms with Gasteiger partial charge in [-0.3, -0.25) is 14.9 Å². The maximum absolute atomic E-state index is 12.8. The zero-order valence-electron chi connectivity index (χ0n) is 15.3. The van der Waals surface area contributed by atoms with Crippen LogP contribution in [0, 0.1) is 24.0 Å². The molecule has 0 spiro atoms. The van der Waals surface area contributed by atoms with Crippen LogP contribution < -0.4 is 4.80 Å². The summed E-state index contributed by atoms with van der Waals surface area (Å²) in [4.78, 5) is 28.3. The number of nitrogens with zero attached hydrogens (tertiary/aromatic N) is 3. The van der Waals surface area contributed by atoms with E-state index < -0.39 is 4.92 Å². The number of non-ortho nitro benzene ring substituents is 1. The van der Waals surface area contributed by atoms with Gasteiger partial charge in [-0.15, -0.1) is 0 Å². The molecule has 0 unspecified atom stereocenters. The number of nitro benzene ring substituents is 1. The number of carbonyl (C=O) groups is 1. The van der Waals surface area contributed by atoms with Crippen molar-refractivity contribution in [2.24, 2.45) is 4.99 Å². The van der Waals surface area contributed by atoms with Gasteiger partial charge in [-0.1, -0.05) is 29.0 Å². The number of aromatic nitrogens is 1. The summed E-state index contributed by atoms with van der Waals surface area (Å²) in [5.74, 6) is 0.559. The number of carbonyl (C=O) groups excluding carboxylic acids is 1. The van der Waals surface area contributed by atoms with E-state index >= 15 is 0 Å². The number of hydrogen-bond acceptors (Lipinski definition) is 5. The lowest BCUT2D eigenvalue weighted by Crippen LogP contribution is -2.18. The molecule has 0 aliphatic heterocycles. The molecule has 0 aliphatic rings. The molecule has 0 N–H and O–H groups in total. The van der Waals surface area contributed by atoms with Crippen molar-refractivity contribution >= 4 is 44.9 Å². The molecule has 8 heteroatoms. The summed E-state index contributed by atoms with van der Waals surface area (Å²) in [6, 6.07) is 10.5. The molecule has 1 aromatic heterocycles. The summed E-state index contributed by atoms with van der Waals surface area (Å²) in [5, 5.41) is 11.1. The molecule has 3 aromatic rings. The third kappa shape index (κ3) is 4.12. The lowest BCUT2D eigenvalue weighted by Gasteiger charge is -2.05. The second-order valence-corrected chi connectivity index (χ2v) is 8.17. The Balaban J connectivity index is 2.16. The smallest absolute Gasteiger partial charge is 0.279 e. The van der Waals surface area contributed by atoms with E-state index in [9.17, 15) is 14.9 Å². The molecule has 0 radical (unpaired) electrons. The number of hydrogen-bond donors (Lipinski definition) is 0. The van der Waals surface area contributed by atoms with Gasteiger partial charge in [0.05, 0.1) is 15.1 Å². The highest BCUT2D eigenvalue weighted by atomic mass is 32.2. The average molecular weight is 402 g/mol. The predicted molar refractivity (Wildman–Crippen MR) is 111 cm³/mol. The van der Waals surface area contributed by atoms with Crippen LogP contribution in [0.3, 0.4) is 0 Å². The zero-order chi connectivity index (χ0) is 19.6. The summed E-state index contributed by atoms with van der Waals surface area (Å²) in [6.07, 6.45) is 2.01. The summed E-state index contributed by atoms with van der Waals surface area (Å²) >= 11 is 2.99. The Kier molecular flexibility index (Phi) is 5.76. The maximum atomic E-state index is 12.8. The molecule has 0 fully saturated rings. The van der Waals surface area contributed by atoms with E-state index in [1.807, 2.05) is 42.9 Å². The van der Waals surface area contributed by atoms with E-state index in [1.165, 1.54) is 23.5 Å². The Morgan fingerprint density at radius 2 is 2.04 bits per heavy atom. The third-order valence-corrected chi connectivity index (χ3v) is 5.85. The van der Waals surface area contributed by atoms with Crippen LogP contribution in [-0.2, 0) is 6.54 Å². The Bertz CT molecular complexity index is 1100. The van der Waals surface area contributed by atoms with Gasteiger partial charge in [-0.05, 0) is 37.8 Å². The number of thioether (sulfide) groups is 1.